The number of thiol groups is 1. The summed E-state index contributed by atoms with van der Waals surface area (Å²) >= 11 is 7.70. The first-order valence-corrected chi connectivity index (χ1v) is 6.43. The molecule has 1 aromatic heterocycles. The quantitative estimate of drug-likeness (QED) is 0.638. The molecule has 1 nitrogen and oxygen atoms in total. The molecule has 0 aliphatic heterocycles. The summed E-state index contributed by atoms with van der Waals surface area (Å²) in [6.45, 7) is 0. The highest BCUT2D eigenvalue weighted by Gasteiger charge is 2.01. The molecular formula is C9H9NS3. The maximum atomic E-state index is 4.50. The number of aromatic nitrogens is 1. The van der Waals surface area contributed by atoms with Gasteiger partial charge in [-0.25, -0.2) is 4.98 Å². The van der Waals surface area contributed by atoms with Crippen LogP contribution in [0.25, 0.3) is 10.2 Å². The Kier molecular flexibility index (Phi) is 3.14. The van der Waals surface area contributed by atoms with Gasteiger partial charge in [0.25, 0.3) is 0 Å². The van der Waals surface area contributed by atoms with Crippen molar-refractivity contribution in [1.29, 1.82) is 0 Å². The Morgan fingerprint density at radius 2 is 2.23 bits per heavy atom. The number of thiazole rings is 1. The normalized spacial score (nSPS) is 10.8. The molecule has 0 amide bonds. The van der Waals surface area contributed by atoms with E-state index in [9.17, 15) is 0 Å². The average Bonchev–Trinajstić information content (AvgIpc) is 2.57. The van der Waals surface area contributed by atoms with Gasteiger partial charge in [0.15, 0.2) is 4.34 Å². The second-order valence-electron chi connectivity index (χ2n) is 2.52. The van der Waals surface area contributed by atoms with Crippen molar-refractivity contribution in [2.75, 3.05) is 11.5 Å². The zero-order valence-corrected chi connectivity index (χ0v) is 9.46. The Morgan fingerprint density at radius 3 is 3.00 bits per heavy atom. The highest BCUT2D eigenvalue weighted by Crippen LogP contribution is 2.28. The van der Waals surface area contributed by atoms with Gasteiger partial charge in [-0.3, -0.25) is 0 Å². The molecule has 0 saturated carbocycles. The molecule has 0 N–H and O–H groups in total. The Labute approximate surface area is 91.0 Å². The molecule has 0 aliphatic rings. The molecule has 2 aromatic rings. The fourth-order valence-corrected chi connectivity index (χ4v) is 3.20. The molecular weight excluding hydrogens is 218 g/mol. The molecule has 0 bridgehead atoms. The van der Waals surface area contributed by atoms with Crippen LogP contribution in [0.3, 0.4) is 0 Å². The third-order valence-electron chi connectivity index (χ3n) is 1.59. The van der Waals surface area contributed by atoms with E-state index < -0.39 is 0 Å². The summed E-state index contributed by atoms with van der Waals surface area (Å²) in [7, 11) is 0. The predicted molar refractivity (Wildman–Crippen MR) is 64.2 cm³/mol. The molecule has 0 saturated heterocycles. The van der Waals surface area contributed by atoms with E-state index >= 15 is 0 Å². The van der Waals surface area contributed by atoms with Crippen LogP contribution in [0.5, 0.6) is 0 Å². The number of hydrogen-bond donors (Lipinski definition) is 1. The summed E-state index contributed by atoms with van der Waals surface area (Å²) in [4.78, 5) is 4.50. The third-order valence-corrected chi connectivity index (χ3v) is 4.30. The van der Waals surface area contributed by atoms with Gasteiger partial charge in [-0.15, -0.1) is 11.3 Å². The highest BCUT2D eigenvalue weighted by atomic mass is 32.2. The van der Waals surface area contributed by atoms with Crippen LogP contribution in [0.4, 0.5) is 0 Å². The largest absolute Gasteiger partial charge is 0.230 e. The van der Waals surface area contributed by atoms with Crippen molar-refractivity contribution < 1.29 is 0 Å². The third kappa shape index (κ3) is 2.18. The molecule has 68 valence electrons. The lowest BCUT2D eigenvalue weighted by atomic mass is 10.3. The number of fused-ring (bicyclic) bond motifs is 1. The van der Waals surface area contributed by atoms with E-state index in [1.807, 2.05) is 12.1 Å². The molecule has 0 fully saturated rings. The van der Waals surface area contributed by atoms with Crippen LogP contribution in [-0.4, -0.2) is 16.5 Å². The van der Waals surface area contributed by atoms with Gasteiger partial charge in [0.1, 0.15) is 0 Å². The monoisotopic (exact) mass is 227 g/mol. The Morgan fingerprint density at radius 1 is 1.38 bits per heavy atom. The van der Waals surface area contributed by atoms with Crippen molar-refractivity contribution in [3.63, 3.8) is 0 Å². The van der Waals surface area contributed by atoms with E-state index in [2.05, 4.69) is 29.7 Å². The van der Waals surface area contributed by atoms with Gasteiger partial charge in [0, 0.05) is 5.75 Å². The predicted octanol–water partition coefficient (Wildman–Crippen LogP) is 3.32. The van der Waals surface area contributed by atoms with E-state index in [0.29, 0.717) is 0 Å². The maximum absolute atomic E-state index is 4.50. The summed E-state index contributed by atoms with van der Waals surface area (Å²) in [5, 5.41) is 0. The molecule has 2 rings (SSSR count). The molecule has 0 spiro atoms. The van der Waals surface area contributed by atoms with Crippen molar-refractivity contribution in [2.45, 2.75) is 4.34 Å². The number of thioether (sulfide) groups is 1. The summed E-state index contributed by atoms with van der Waals surface area (Å²) in [6, 6.07) is 8.23. The van der Waals surface area contributed by atoms with Gasteiger partial charge in [0.05, 0.1) is 10.2 Å². The fraction of sp³-hybridized carbons (Fsp3) is 0.222. The molecule has 1 heterocycles. The van der Waals surface area contributed by atoms with Crippen LogP contribution < -0.4 is 0 Å². The summed E-state index contributed by atoms with van der Waals surface area (Å²) in [5.74, 6) is 1.93. The molecule has 4 heteroatoms. The van der Waals surface area contributed by atoms with Crippen LogP contribution >= 0.6 is 35.7 Å². The van der Waals surface area contributed by atoms with E-state index in [4.69, 9.17) is 0 Å². The first-order chi connectivity index (χ1) is 6.40. The minimum atomic E-state index is 0.903. The van der Waals surface area contributed by atoms with Crippen molar-refractivity contribution in [1.82, 2.24) is 4.98 Å². The lowest BCUT2D eigenvalue weighted by Crippen LogP contribution is -1.77. The van der Waals surface area contributed by atoms with Crippen molar-refractivity contribution in [3.05, 3.63) is 24.3 Å². The first-order valence-electron chi connectivity index (χ1n) is 3.99. The van der Waals surface area contributed by atoms with Crippen molar-refractivity contribution in [2.24, 2.45) is 0 Å². The van der Waals surface area contributed by atoms with Crippen molar-refractivity contribution in [3.8, 4) is 0 Å². The molecule has 1 aromatic carbocycles. The first kappa shape index (κ1) is 9.37. The summed E-state index contributed by atoms with van der Waals surface area (Å²) in [6.07, 6.45) is 0. The van der Waals surface area contributed by atoms with Gasteiger partial charge in [-0.2, -0.15) is 12.6 Å². The number of benzene rings is 1. The molecule has 0 unspecified atom stereocenters. The van der Waals surface area contributed by atoms with Crippen LogP contribution in [-0.2, 0) is 0 Å². The zero-order chi connectivity index (χ0) is 9.10. The molecule has 0 aliphatic carbocycles. The lowest BCUT2D eigenvalue weighted by Gasteiger charge is -1.89. The minimum Gasteiger partial charge on any atom is -0.230 e. The van der Waals surface area contributed by atoms with Gasteiger partial charge in [-0.1, -0.05) is 23.9 Å². The van der Waals surface area contributed by atoms with E-state index in [0.717, 1.165) is 21.4 Å². The number of nitrogens with zero attached hydrogens (tertiary/aromatic N) is 1. The fourth-order valence-electron chi connectivity index (χ4n) is 1.05. The Bertz CT molecular complexity index is 363. The molecule has 0 radical (unpaired) electrons. The SMILES string of the molecule is SCCSc1nc2ccccc2s1. The van der Waals surface area contributed by atoms with Gasteiger partial charge < -0.3 is 0 Å². The van der Waals surface area contributed by atoms with Gasteiger partial charge in [0.2, 0.25) is 0 Å². The van der Waals surface area contributed by atoms with Crippen LogP contribution in [0.2, 0.25) is 0 Å². The number of rotatable bonds is 3. The average molecular weight is 227 g/mol. The standard InChI is InChI=1S/C9H9NS3/c11-5-6-12-9-10-7-3-1-2-4-8(7)13-9/h1-4,11H,5-6H2. The Hall–Kier alpha value is -0.190. The van der Waals surface area contributed by atoms with E-state index in [1.165, 1.54) is 4.70 Å². The van der Waals surface area contributed by atoms with Crippen LogP contribution in [0, 0.1) is 0 Å². The maximum Gasteiger partial charge on any atom is 0.151 e. The Balaban J connectivity index is 2.28. The molecule has 0 atom stereocenters. The van der Waals surface area contributed by atoms with Gasteiger partial charge >= 0.3 is 0 Å². The van der Waals surface area contributed by atoms with Crippen LogP contribution in [0.15, 0.2) is 28.6 Å². The zero-order valence-electron chi connectivity index (χ0n) is 6.93. The minimum absolute atomic E-state index is 0.903. The number of para-hydroxylation sites is 1. The topological polar surface area (TPSA) is 12.9 Å². The second-order valence-corrected chi connectivity index (χ2v) is 5.34. The van der Waals surface area contributed by atoms with Crippen LogP contribution in [0.1, 0.15) is 0 Å². The number of hydrogen-bond acceptors (Lipinski definition) is 4. The lowest BCUT2D eigenvalue weighted by molar-refractivity contribution is 1.30. The van der Waals surface area contributed by atoms with E-state index in [1.54, 1.807) is 23.1 Å². The summed E-state index contributed by atoms with van der Waals surface area (Å²) in [5.41, 5.74) is 1.11. The molecule has 13 heavy (non-hydrogen) atoms. The van der Waals surface area contributed by atoms with E-state index in [-0.39, 0.29) is 0 Å². The highest BCUT2D eigenvalue weighted by molar-refractivity contribution is 8.01. The van der Waals surface area contributed by atoms with Gasteiger partial charge in [-0.05, 0) is 17.9 Å². The summed E-state index contributed by atoms with van der Waals surface area (Å²) < 4.78 is 2.42. The van der Waals surface area contributed by atoms with Crippen molar-refractivity contribution >= 4 is 45.9 Å². The second kappa shape index (κ2) is 4.35. The smallest absolute Gasteiger partial charge is 0.151 e.